The van der Waals surface area contributed by atoms with Crippen molar-refractivity contribution in [3.05, 3.63) is 57.3 Å². The van der Waals surface area contributed by atoms with Crippen molar-refractivity contribution >= 4 is 24.1 Å². The number of hydrogen-bond acceptors (Lipinski definition) is 7. The lowest BCUT2D eigenvalue weighted by atomic mass is 10.4. The molecule has 0 aromatic carbocycles. The van der Waals surface area contributed by atoms with Crippen LogP contribution in [-0.4, -0.2) is 35.8 Å². The molecule has 0 spiro atoms. The molecule has 3 aromatic heterocycles. The van der Waals surface area contributed by atoms with E-state index in [0.717, 1.165) is 0 Å². The van der Waals surface area contributed by atoms with Gasteiger partial charge in [-0.15, -0.1) is 0 Å². The van der Waals surface area contributed by atoms with Crippen LogP contribution in [0.15, 0.2) is 40.4 Å². The Morgan fingerprint density at radius 1 is 1.55 bits per heavy atom. The fourth-order valence-corrected chi connectivity index (χ4v) is 1.83. The van der Waals surface area contributed by atoms with E-state index < -0.39 is 4.92 Å². The quantitative estimate of drug-likeness (QED) is 0.330. The van der Waals surface area contributed by atoms with Gasteiger partial charge in [0, 0.05) is 0 Å². The normalized spacial score (nSPS) is 11.3. The van der Waals surface area contributed by atoms with Gasteiger partial charge in [-0.25, -0.2) is 0 Å². The summed E-state index contributed by atoms with van der Waals surface area (Å²) < 4.78 is 8.71. The van der Waals surface area contributed by atoms with Gasteiger partial charge in [0.25, 0.3) is 0 Å². The monoisotopic (exact) mass is 319 g/mol. The molecule has 3 aromatic rings. The first kappa shape index (κ1) is 13.9. The molecule has 0 radical (unpaired) electrons. The predicted octanol–water partition coefficient (Wildman–Crippen LogP) is 1.57. The first-order valence-corrected chi connectivity index (χ1v) is 6.44. The molecule has 0 aliphatic rings. The van der Waals surface area contributed by atoms with Gasteiger partial charge in [-0.1, -0.05) is 0 Å². The van der Waals surface area contributed by atoms with E-state index in [-0.39, 0.29) is 12.2 Å². The van der Waals surface area contributed by atoms with Crippen molar-refractivity contribution in [1.82, 2.24) is 24.7 Å². The zero-order valence-electron chi connectivity index (χ0n) is 11.0. The molecule has 0 saturated heterocycles. The van der Waals surface area contributed by atoms with Crippen molar-refractivity contribution in [2.24, 2.45) is 5.10 Å². The van der Waals surface area contributed by atoms with Crippen LogP contribution >= 0.6 is 12.2 Å². The molecule has 10 nitrogen and oxygen atoms in total. The second-order valence-corrected chi connectivity index (χ2v) is 4.59. The molecule has 1 N–H and O–H groups in total. The highest BCUT2D eigenvalue weighted by Gasteiger charge is 2.10. The van der Waals surface area contributed by atoms with Crippen LogP contribution < -0.4 is 0 Å². The van der Waals surface area contributed by atoms with E-state index in [1.807, 2.05) is 0 Å². The number of aromatic nitrogens is 5. The third kappa shape index (κ3) is 2.98. The van der Waals surface area contributed by atoms with Gasteiger partial charge in [-0.05, 0) is 24.4 Å². The first-order valence-electron chi connectivity index (χ1n) is 6.04. The minimum atomic E-state index is -0.502. The van der Waals surface area contributed by atoms with Crippen LogP contribution in [0.3, 0.4) is 0 Å². The van der Waals surface area contributed by atoms with E-state index >= 15 is 0 Å². The first-order chi connectivity index (χ1) is 10.6. The van der Waals surface area contributed by atoms with E-state index in [9.17, 15) is 10.1 Å². The van der Waals surface area contributed by atoms with Crippen LogP contribution in [0, 0.1) is 14.9 Å². The number of hydrogen-bond donors (Lipinski definition) is 1. The maximum atomic E-state index is 10.6. The van der Waals surface area contributed by atoms with E-state index in [0.29, 0.717) is 16.3 Å². The average molecular weight is 319 g/mol. The van der Waals surface area contributed by atoms with Crippen LogP contribution in [0.4, 0.5) is 5.69 Å². The van der Waals surface area contributed by atoms with Gasteiger partial charge < -0.3 is 4.42 Å². The summed E-state index contributed by atoms with van der Waals surface area (Å²) in [4.78, 5) is 10.1. The molecule has 0 saturated carbocycles. The maximum absolute atomic E-state index is 10.6. The molecule has 0 unspecified atom stereocenters. The second kappa shape index (κ2) is 5.73. The average Bonchev–Trinajstić information content (AvgIpc) is 3.19. The molecule has 112 valence electrons. The Hall–Kier alpha value is -3.08. The lowest BCUT2D eigenvalue weighted by Crippen LogP contribution is -1.98. The number of aromatic amines is 1. The highest BCUT2D eigenvalue weighted by Crippen LogP contribution is 2.12. The van der Waals surface area contributed by atoms with E-state index in [1.54, 1.807) is 12.1 Å². The van der Waals surface area contributed by atoms with Crippen molar-refractivity contribution < 1.29 is 9.34 Å². The SMILES string of the molecule is O=[N+]([O-])c1cnn(Cc2ccc(/C=N\n3cn[nH]c3=S)o2)c1. The summed E-state index contributed by atoms with van der Waals surface area (Å²) in [6.45, 7) is 0.285. The highest BCUT2D eigenvalue weighted by atomic mass is 32.1. The number of nitro groups is 1. The molecule has 11 heteroatoms. The van der Waals surface area contributed by atoms with Gasteiger partial charge in [-0.3, -0.25) is 19.9 Å². The zero-order valence-corrected chi connectivity index (χ0v) is 11.8. The summed E-state index contributed by atoms with van der Waals surface area (Å²) in [6, 6.07) is 3.46. The molecule has 22 heavy (non-hydrogen) atoms. The van der Waals surface area contributed by atoms with Gasteiger partial charge in [-0.2, -0.15) is 20.0 Å². The fraction of sp³-hybridized carbons (Fsp3) is 0.0909. The van der Waals surface area contributed by atoms with Gasteiger partial charge in [0.1, 0.15) is 30.2 Å². The van der Waals surface area contributed by atoms with Gasteiger partial charge in [0.05, 0.1) is 17.7 Å². The number of H-pyrrole nitrogens is 1. The van der Waals surface area contributed by atoms with E-state index in [1.165, 1.54) is 34.3 Å². The van der Waals surface area contributed by atoms with E-state index in [2.05, 4.69) is 20.4 Å². The molecule has 3 rings (SSSR count). The Morgan fingerprint density at radius 2 is 2.41 bits per heavy atom. The van der Waals surface area contributed by atoms with Crippen LogP contribution in [0.5, 0.6) is 0 Å². The predicted molar refractivity (Wildman–Crippen MR) is 77.1 cm³/mol. The van der Waals surface area contributed by atoms with Gasteiger partial charge in [0.15, 0.2) is 0 Å². The molecule has 0 aliphatic heterocycles. The van der Waals surface area contributed by atoms with Gasteiger partial charge in [0.2, 0.25) is 4.77 Å². The Balaban J connectivity index is 1.70. The standard InChI is InChI=1S/C11H9N7O3S/c19-18(20)8-3-13-16(5-8)6-10-2-1-9(21-10)4-14-17-7-12-15-11(17)22/h1-5,7H,6H2,(H,15,22)/b14-4-. The third-order valence-electron chi connectivity index (χ3n) is 2.68. The number of nitrogens with one attached hydrogen (secondary N) is 1. The molecular formula is C11H9N7O3S. The fourth-order valence-electron chi connectivity index (χ4n) is 1.69. The second-order valence-electron chi connectivity index (χ2n) is 4.21. The molecule has 0 aliphatic carbocycles. The van der Waals surface area contributed by atoms with Crippen LogP contribution in [0.2, 0.25) is 0 Å². The van der Waals surface area contributed by atoms with Crippen molar-refractivity contribution in [1.29, 1.82) is 0 Å². The summed E-state index contributed by atoms with van der Waals surface area (Å²) in [5.74, 6) is 1.11. The number of nitrogens with zero attached hydrogens (tertiary/aromatic N) is 6. The van der Waals surface area contributed by atoms with Crippen molar-refractivity contribution in [3.8, 4) is 0 Å². The summed E-state index contributed by atoms with van der Waals surface area (Å²) in [6.07, 6.45) is 5.44. The Labute approximate surface area is 127 Å². The minimum absolute atomic E-state index is 0.0670. The van der Waals surface area contributed by atoms with Crippen molar-refractivity contribution in [3.63, 3.8) is 0 Å². The minimum Gasteiger partial charge on any atom is -0.458 e. The van der Waals surface area contributed by atoms with E-state index in [4.69, 9.17) is 16.6 Å². The van der Waals surface area contributed by atoms with Crippen LogP contribution in [-0.2, 0) is 6.54 Å². The smallest absolute Gasteiger partial charge is 0.307 e. The van der Waals surface area contributed by atoms with Crippen molar-refractivity contribution in [2.45, 2.75) is 6.54 Å². The third-order valence-corrected chi connectivity index (χ3v) is 2.95. The zero-order chi connectivity index (χ0) is 15.5. The molecule has 0 atom stereocenters. The summed E-state index contributed by atoms with van der Waals surface area (Å²) >= 11 is 4.95. The van der Waals surface area contributed by atoms with Crippen LogP contribution in [0.25, 0.3) is 0 Å². The Kier molecular flexibility index (Phi) is 3.62. The highest BCUT2D eigenvalue weighted by molar-refractivity contribution is 7.71. The van der Waals surface area contributed by atoms with Crippen molar-refractivity contribution in [2.75, 3.05) is 0 Å². The lowest BCUT2D eigenvalue weighted by Gasteiger charge is -1.95. The molecule has 0 fully saturated rings. The summed E-state index contributed by atoms with van der Waals surface area (Å²) in [5, 5.41) is 24.9. The molecule has 0 bridgehead atoms. The maximum Gasteiger partial charge on any atom is 0.307 e. The lowest BCUT2D eigenvalue weighted by molar-refractivity contribution is -0.385. The summed E-state index contributed by atoms with van der Waals surface area (Å²) in [7, 11) is 0. The Morgan fingerprint density at radius 3 is 3.09 bits per heavy atom. The Bertz CT molecular complexity index is 887. The number of rotatable bonds is 5. The largest absolute Gasteiger partial charge is 0.458 e. The van der Waals surface area contributed by atoms with Gasteiger partial charge >= 0.3 is 5.69 Å². The summed E-state index contributed by atoms with van der Waals surface area (Å²) in [5.41, 5.74) is -0.0670. The molecule has 3 heterocycles. The number of furan rings is 1. The molecular weight excluding hydrogens is 310 g/mol. The van der Waals surface area contributed by atoms with Crippen LogP contribution in [0.1, 0.15) is 11.5 Å². The molecule has 0 amide bonds. The topological polar surface area (TPSA) is 120 Å².